The van der Waals surface area contributed by atoms with E-state index >= 15 is 0 Å². The summed E-state index contributed by atoms with van der Waals surface area (Å²) in [6, 6.07) is 0.812. The number of phenols is 1. The number of benzene rings is 1. The number of rotatable bonds is 14. The van der Waals surface area contributed by atoms with Gasteiger partial charge in [0.05, 0.1) is 19.1 Å². The highest BCUT2D eigenvalue weighted by Crippen LogP contribution is 2.11. The van der Waals surface area contributed by atoms with Crippen LogP contribution >= 0.6 is 0 Å². The third kappa shape index (κ3) is 10.4. The highest BCUT2D eigenvalue weighted by molar-refractivity contribution is 5.95. The van der Waals surface area contributed by atoms with Gasteiger partial charge in [0, 0.05) is 0 Å². The van der Waals surface area contributed by atoms with Crippen LogP contribution in [0.15, 0.2) is 24.3 Å². The second kappa shape index (κ2) is 13.9. The number of carboxylic acid groups (broad SMARTS) is 1. The zero-order valence-corrected chi connectivity index (χ0v) is 19.6. The molecule has 0 spiro atoms. The van der Waals surface area contributed by atoms with Crippen molar-refractivity contribution in [3.8, 4) is 5.75 Å². The lowest BCUT2D eigenvalue weighted by atomic mass is 10.0. The number of carbonyl (C=O) groups is 5. The van der Waals surface area contributed by atoms with Crippen LogP contribution < -0.4 is 27.4 Å². The van der Waals surface area contributed by atoms with E-state index in [0.29, 0.717) is 5.56 Å². The second-order valence-electron chi connectivity index (χ2n) is 8.48. The topological polar surface area (TPSA) is 234 Å². The normalized spacial score (nSPS) is 14.3. The van der Waals surface area contributed by atoms with E-state index in [2.05, 4.69) is 10.6 Å². The number of aliphatic carboxylic acids is 1. The summed E-state index contributed by atoms with van der Waals surface area (Å²) in [6.45, 7) is 2.74. The van der Waals surface area contributed by atoms with Crippen molar-refractivity contribution in [1.29, 1.82) is 0 Å². The minimum Gasteiger partial charge on any atom is -0.508 e. The Bertz CT molecular complexity index is 906. The molecule has 4 amide bonds. The molecular weight excluding hydrogens is 462 g/mol. The predicted octanol–water partition coefficient (Wildman–Crippen LogP) is -2.29. The molecule has 4 atom stereocenters. The van der Waals surface area contributed by atoms with Gasteiger partial charge in [0.1, 0.15) is 23.9 Å². The second-order valence-corrected chi connectivity index (χ2v) is 8.48. The number of nitrogens with two attached hydrogens (primary N) is 2. The summed E-state index contributed by atoms with van der Waals surface area (Å²) in [6.07, 6.45) is -0.360. The average Bonchev–Trinajstić information content (AvgIpc) is 2.76. The Morgan fingerprint density at radius 2 is 1.40 bits per heavy atom. The summed E-state index contributed by atoms with van der Waals surface area (Å²) in [5.41, 5.74) is 11.6. The average molecular weight is 496 g/mol. The number of nitrogens with one attached hydrogen (secondary N) is 3. The Kier molecular flexibility index (Phi) is 11.6. The molecule has 1 rings (SSSR count). The Hall–Kier alpha value is -3.71. The van der Waals surface area contributed by atoms with Crippen molar-refractivity contribution < 1.29 is 39.3 Å². The number of phenolic OH excluding ortho intramolecular Hbond substituents is 1. The molecule has 0 radical (unpaired) electrons. The van der Waals surface area contributed by atoms with E-state index in [0.717, 1.165) is 0 Å². The Balaban J connectivity index is 2.86. The fourth-order valence-electron chi connectivity index (χ4n) is 3.10. The molecule has 0 heterocycles. The van der Waals surface area contributed by atoms with Crippen LogP contribution in [0.3, 0.4) is 0 Å². The quantitative estimate of drug-likeness (QED) is 0.138. The standard InChI is InChI=1S/C22H33N5O8/c1-11(2)7-15(25-19(31)14(23)8-12-3-5-13(29)6-4-12)20(32)27-17(10-28)21(33)26-16(22(34)35)9-18(24)30/h3-6,11,14-17,28-29H,7-10,23H2,1-2H3,(H2,24,30)(H,25,31)(H,26,33)(H,27,32)(H,34,35). The molecule has 0 aromatic heterocycles. The number of hydrogen-bond donors (Lipinski definition) is 8. The van der Waals surface area contributed by atoms with Crippen molar-refractivity contribution in [2.75, 3.05) is 6.61 Å². The maximum atomic E-state index is 12.8. The van der Waals surface area contributed by atoms with E-state index in [4.69, 9.17) is 16.6 Å². The first-order valence-electron chi connectivity index (χ1n) is 10.9. The molecule has 0 saturated carbocycles. The van der Waals surface area contributed by atoms with Crippen LogP contribution in [-0.2, 0) is 30.4 Å². The molecule has 35 heavy (non-hydrogen) atoms. The van der Waals surface area contributed by atoms with Crippen molar-refractivity contribution in [1.82, 2.24) is 16.0 Å². The van der Waals surface area contributed by atoms with Gasteiger partial charge in [-0.3, -0.25) is 19.2 Å². The number of aliphatic hydroxyl groups is 1. The zero-order chi connectivity index (χ0) is 26.7. The van der Waals surface area contributed by atoms with E-state index in [-0.39, 0.29) is 24.5 Å². The third-order valence-electron chi connectivity index (χ3n) is 4.90. The maximum absolute atomic E-state index is 12.8. The Morgan fingerprint density at radius 1 is 0.886 bits per heavy atom. The van der Waals surface area contributed by atoms with Gasteiger partial charge in [0.2, 0.25) is 23.6 Å². The first-order chi connectivity index (χ1) is 16.3. The smallest absolute Gasteiger partial charge is 0.326 e. The summed E-state index contributed by atoms with van der Waals surface area (Å²) in [7, 11) is 0. The van der Waals surface area contributed by atoms with Crippen molar-refractivity contribution >= 4 is 29.6 Å². The first kappa shape index (κ1) is 29.3. The lowest BCUT2D eigenvalue weighted by Crippen LogP contribution is -2.58. The van der Waals surface area contributed by atoms with Gasteiger partial charge >= 0.3 is 5.97 Å². The summed E-state index contributed by atoms with van der Waals surface area (Å²) < 4.78 is 0. The first-order valence-corrected chi connectivity index (χ1v) is 10.9. The van der Waals surface area contributed by atoms with Gasteiger partial charge in [-0.05, 0) is 36.5 Å². The van der Waals surface area contributed by atoms with Crippen molar-refractivity contribution in [2.45, 2.75) is 57.3 Å². The van der Waals surface area contributed by atoms with Crippen LogP contribution in [0.2, 0.25) is 0 Å². The Labute approximate surface area is 202 Å². The SMILES string of the molecule is CC(C)CC(NC(=O)C(N)Cc1ccc(O)cc1)C(=O)NC(CO)C(=O)NC(CC(N)=O)C(=O)O. The number of hydrogen-bond acceptors (Lipinski definition) is 8. The van der Waals surface area contributed by atoms with Gasteiger partial charge in [-0.1, -0.05) is 26.0 Å². The molecular formula is C22H33N5O8. The largest absolute Gasteiger partial charge is 0.508 e. The van der Waals surface area contributed by atoms with Crippen molar-refractivity contribution in [2.24, 2.45) is 17.4 Å². The summed E-state index contributed by atoms with van der Waals surface area (Å²) in [5.74, 6) is -4.94. The molecule has 0 aliphatic rings. The molecule has 13 heteroatoms. The van der Waals surface area contributed by atoms with Crippen LogP contribution in [0.5, 0.6) is 5.75 Å². The minimum absolute atomic E-state index is 0.0484. The fourth-order valence-corrected chi connectivity index (χ4v) is 3.10. The summed E-state index contributed by atoms with van der Waals surface area (Å²) in [5, 5.41) is 34.9. The van der Waals surface area contributed by atoms with Gasteiger partial charge in [0.15, 0.2) is 0 Å². The van der Waals surface area contributed by atoms with E-state index in [1.807, 2.05) is 5.32 Å². The van der Waals surface area contributed by atoms with Gasteiger partial charge in [-0.15, -0.1) is 0 Å². The molecule has 0 fully saturated rings. The molecule has 4 unspecified atom stereocenters. The number of aliphatic hydroxyl groups excluding tert-OH is 1. The number of carbonyl (C=O) groups excluding carboxylic acids is 4. The number of primary amides is 1. The van der Waals surface area contributed by atoms with Crippen molar-refractivity contribution in [3.05, 3.63) is 29.8 Å². The molecule has 0 saturated heterocycles. The van der Waals surface area contributed by atoms with Crippen LogP contribution in [0.4, 0.5) is 0 Å². The van der Waals surface area contributed by atoms with Crippen LogP contribution in [0.1, 0.15) is 32.3 Å². The molecule has 0 aliphatic carbocycles. The maximum Gasteiger partial charge on any atom is 0.326 e. The van der Waals surface area contributed by atoms with Crippen LogP contribution in [0.25, 0.3) is 0 Å². The Morgan fingerprint density at radius 3 is 1.89 bits per heavy atom. The highest BCUT2D eigenvalue weighted by Gasteiger charge is 2.31. The van der Waals surface area contributed by atoms with E-state index in [1.54, 1.807) is 26.0 Å². The van der Waals surface area contributed by atoms with E-state index < -0.39 is 66.8 Å². The minimum atomic E-state index is -1.64. The lowest BCUT2D eigenvalue weighted by Gasteiger charge is -2.25. The van der Waals surface area contributed by atoms with Crippen LogP contribution in [-0.4, -0.2) is 75.7 Å². The molecule has 1 aromatic rings. The summed E-state index contributed by atoms with van der Waals surface area (Å²) >= 11 is 0. The van der Waals surface area contributed by atoms with Gasteiger partial charge in [-0.25, -0.2) is 4.79 Å². The zero-order valence-electron chi connectivity index (χ0n) is 19.6. The molecule has 10 N–H and O–H groups in total. The fraction of sp³-hybridized carbons (Fsp3) is 0.500. The van der Waals surface area contributed by atoms with E-state index in [1.165, 1.54) is 12.1 Å². The number of aromatic hydroxyl groups is 1. The summed E-state index contributed by atoms with van der Waals surface area (Å²) in [4.78, 5) is 60.1. The lowest BCUT2D eigenvalue weighted by molar-refractivity contribution is -0.144. The number of carboxylic acids is 1. The van der Waals surface area contributed by atoms with Crippen LogP contribution in [0, 0.1) is 5.92 Å². The van der Waals surface area contributed by atoms with Crippen molar-refractivity contribution in [3.63, 3.8) is 0 Å². The van der Waals surface area contributed by atoms with Gasteiger partial charge in [0.25, 0.3) is 0 Å². The molecule has 1 aromatic carbocycles. The molecule has 0 aliphatic heterocycles. The highest BCUT2D eigenvalue weighted by atomic mass is 16.4. The molecule has 194 valence electrons. The van der Waals surface area contributed by atoms with Gasteiger partial charge < -0.3 is 42.7 Å². The predicted molar refractivity (Wildman–Crippen MR) is 124 cm³/mol. The monoisotopic (exact) mass is 495 g/mol. The molecule has 13 nitrogen and oxygen atoms in total. The van der Waals surface area contributed by atoms with Gasteiger partial charge in [-0.2, -0.15) is 0 Å². The van der Waals surface area contributed by atoms with E-state index in [9.17, 15) is 34.2 Å². The molecule has 0 bridgehead atoms. The number of amides is 4. The third-order valence-corrected chi connectivity index (χ3v) is 4.90.